The summed E-state index contributed by atoms with van der Waals surface area (Å²) in [5.41, 5.74) is 3.02. The van der Waals surface area contributed by atoms with E-state index in [-0.39, 0.29) is 11.3 Å². The van der Waals surface area contributed by atoms with Gasteiger partial charge in [0.2, 0.25) is 0 Å². The molecule has 1 saturated carbocycles. The number of benzene rings is 2. The summed E-state index contributed by atoms with van der Waals surface area (Å²) in [5, 5.41) is 0. The number of alkyl halides is 3. The van der Waals surface area contributed by atoms with Crippen molar-refractivity contribution in [2.75, 3.05) is 14.2 Å². The standard InChI is InChI=1S/C19H17F3N2O4.C8H16/c1-24-15-10-16(26-2)13(18(25)27-3)9-14(15)23-17(24)8-11-4-6-12(7-5-11)28-19(20,21)22;1-8(2)6-4-3-5-7-8/h4-7,9-10H,8H2,1-3H3;3-7H2,1-2H3. The van der Waals surface area contributed by atoms with Gasteiger partial charge in [0, 0.05) is 19.5 Å². The Balaban J connectivity index is 0.000000383. The molecule has 196 valence electrons. The van der Waals surface area contributed by atoms with Crippen LogP contribution in [0.3, 0.4) is 0 Å². The molecular weight excluding hydrogens is 473 g/mol. The number of hydrogen-bond acceptors (Lipinski definition) is 5. The quantitative estimate of drug-likeness (QED) is 0.355. The number of hydrogen-bond donors (Lipinski definition) is 0. The second-order valence-electron chi connectivity index (χ2n) is 9.71. The second-order valence-corrected chi connectivity index (χ2v) is 9.71. The van der Waals surface area contributed by atoms with Crippen molar-refractivity contribution in [2.24, 2.45) is 12.5 Å². The molecule has 0 amide bonds. The number of rotatable bonds is 5. The first-order valence-corrected chi connectivity index (χ1v) is 11.9. The van der Waals surface area contributed by atoms with Crippen LogP contribution >= 0.6 is 0 Å². The summed E-state index contributed by atoms with van der Waals surface area (Å²) >= 11 is 0. The fourth-order valence-corrected chi connectivity index (χ4v) is 4.37. The zero-order chi connectivity index (χ0) is 26.5. The maximum Gasteiger partial charge on any atom is 0.573 e. The molecule has 36 heavy (non-hydrogen) atoms. The first-order valence-electron chi connectivity index (χ1n) is 11.9. The van der Waals surface area contributed by atoms with Crippen molar-refractivity contribution in [1.82, 2.24) is 9.55 Å². The zero-order valence-corrected chi connectivity index (χ0v) is 21.4. The predicted molar refractivity (Wildman–Crippen MR) is 131 cm³/mol. The van der Waals surface area contributed by atoms with Crippen LogP contribution in [0.5, 0.6) is 11.5 Å². The van der Waals surface area contributed by atoms with Crippen LogP contribution in [0.1, 0.15) is 67.7 Å². The van der Waals surface area contributed by atoms with Crippen molar-refractivity contribution in [3.05, 3.63) is 53.3 Å². The highest BCUT2D eigenvalue weighted by atomic mass is 19.4. The molecule has 0 aliphatic heterocycles. The smallest absolute Gasteiger partial charge is 0.496 e. The molecule has 1 aromatic heterocycles. The fraction of sp³-hybridized carbons (Fsp3) is 0.481. The molecule has 2 aromatic carbocycles. The SMILES string of the molecule is CC1(C)CCCCC1.COC(=O)c1cc2nc(Cc3ccc(OC(F)(F)F)cc3)n(C)c2cc1OC. The molecule has 0 saturated heterocycles. The molecule has 9 heteroatoms. The molecule has 0 bridgehead atoms. The topological polar surface area (TPSA) is 62.6 Å². The number of ether oxygens (including phenoxy) is 3. The van der Waals surface area contributed by atoms with E-state index in [2.05, 4.69) is 23.6 Å². The van der Waals surface area contributed by atoms with Gasteiger partial charge in [0.15, 0.2) is 0 Å². The maximum absolute atomic E-state index is 12.3. The van der Waals surface area contributed by atoms with Crippen molar-refractivity contribution in [3.63, 3.8) is 0 Å². The Labute approximate surface area is 209 Å². The first-order chi connectivity index (χ1) is 16.9. The normalized spacial score (nSPS) is 15.1. The van der Waals surface area contributed by atoms with E-state index in [0.717, 1.165) is 11.1 Å². The van der Waals surface area contributed by atoms with Gasteiger partial charge in [-0.1, -0.05) is 45.2 Å². The number of carbonyl (C=O) groups is 1. The van der Waals surface area contributed by atoms with E-state index in [1.807, 2.05) is 11.6 Å². The van der Waals surface area contributed by atoms with Crippen LogP contribution in [0.15, 0.2) is 36.4 Å². The van der Waals surface area contributed by atoms with Gasteiger partial charge in [0.05, 0.1) is 25.3 Å². The number of imidazole rings is 1. The van der Waals surface area contributed by atoms with E-state index in [1.165, 1.54) is 58.5 Å². The molecule has 0 N–H and O–H groups in total. The Kier molecular flexibility index (Phi) is 8.53. The Hall–Kier alpha value is -3.23. The minimum absolute atomic E-state index is 0.260. The number of nitrogens with zero attached hydrogens (tertiary/aromatic N) is 2. The van der Waals surface area contributed by atoms with Crippen LogP contribution in [0, 0.1) is 5.41 Å². The lowest BCUT2D eigenvalue weighted by molar-refractivity contribution is -0.274. The zero-order valence-electron chi connectivity index (χ0n) is 21.4. The Morgan fingerprint density at radius 2 is 1.69 bits per heavy atom. The molecule has 0 atom stereocenters. The van der Waals surface area contributed by atoms with E-state index in [1.54, 1.807) is 24.3 Å². The number of esters is 1. The summed E-state index contributed by atoms with van der Waals surface area (Å²) in [6.07, 6.45) is 2.96. The van der Waals surface area contributed by atoms with E-state index in [4.69, 9.17) is 9.47 Å². The molecule has 0 unspecified atom stereocenters. The highest BCUT2D eigenvalue weighted by Gasteiger charge is 2.31. The third-order valence-corrected chi connectivity index (χ3v) is 6.43. The third kappa shape index (κ3) is 7.15. The van der Waals surface area contributed by atoms with E-state index in [9.17, 15) is 18.0 Å². The molecule has 6 nitrogen and oxygen atoms in total. The lowest BCUT2D eigenvalue weighted by Crippen LogP contribution is -2.17. The maximum atomic E-state index is 12.3. The van der Waals surface area contributed by atoms with Gasteiger partial charge in [0.1, 0.15) is 22.9 Å². The van der Waals surface area contributed by atoms with Gasteiger partial charge in [-0.15, -0.1) is 13.2 Å². The molecule has 3 aromatic rings. The van der Waals surface area contributed by atoms with E-state index < -0.39 is 12.3 Å². The largest absolute Gasteiger partial charge is 0.573 e. The molecule has 0 radical (unpaired) electrons. The van der Waals surface area contributed by atoms with Crippen molar-refractivity contribution in [1.29, 1.82) is 0 Å². The Bertz CT molecular complexity index is 1180. The molecule has 4 rings (SSSR count). The number of carbonyl (C=O) groups excluding carboxylic acids is 1. The summed E-state index contributed by atoms with van der Waals surface area (Å²) in [7, 11) is 4.54. The van der Waals surface area contributed by atoms with Crippen LogP contribution < -0.4 is 9.47 Å². The van der Waals surface area contributed by atoms with Gasteiger partial charge >= 0.3 is 12.3 Å². The van der Waals surface area contributed by atoms with Crippen molar-refractivity contribution < 1.29 is 32.2 Å². The minimum atomic E-state index is -4.73. The molecular formula is C27H33F3N2O4. The summed E-state index contributed by atoms with van der Waals surface area (Å²) in [4.78, 5) is 16.5. The number of fused-ring (bicyclic) bond motifs is 1. The van der Waals surface area contributed by atoms with Gasteiger partial charge in [-0.3, -0.25) is 0 Å². The number of aromatic nitrogens is 2. The molecule has 1 fully saturated rings. The van der Waals surface area contributed by atoms with Gasteiger partial charge in [-0.2, -0.15) is 0 Å². The van der Waals surface area contributed by atoms with Gasteiger partial charge in [-0.05, 0) is 42.0 Å². The first kappa shape index (κ1) is 27.4. The van der Waals surface area contributed by atoms with Gasteiger partial charge < -0.3 is 18.8 Å². The molecule has 1 aliphatic rings. The van der Waals surface area contributed by atoms with Crippen LogP contribution in [0.25, 0.3) is 11.0 Å². The fourth-order valence-electron chi connectivity index (χ4n) is 4.37. The average molecular weight is 507 g/mol. The Morgan fingerprint density at radius 1 is 1.06 bits per heavy atom. The van der Waals surface area contributed by atoms with Crippen LogP contribution in [0.2, 0.25) is 0 Å². The van der Waals surface area contributed by atoms with Crippen LogP contribution in [-0.4, -0.2) is 36.1 Å². The van der Waals surface area contributed by atoms with Crippen LogP contribution in [0.4, 0.5) is 13.2 Å². The molecule has 1 heterocycles. The minimum Gasteiger partial charge on any atom is -0.496 e. The van der Waals surface area contributed by atoms with E-state index in [0.29, 0.717) is 28.9 Å². The number of aryl methyl sites for hydroxylation is 1. The number of halogens is 3. The van der Waals surface area contributed by atoms with Gasteiger partial charge in [-0.25, -0.2) is 9.78 Å². The highest BCUT2D eigenvalue weighted by Crippen LogP contribution is 2.34. The third-order valence-electron chi connectivity index (χ3n) is 6.43. The predicted octanol–water partition coefficient (Wildman–Crippen LogP) is 6.83. The lowest BCUT2D eigenvalue weighted by atomic mass is 9.78. The summed E-state index contributed by atoms with van der Waals surface area (Å²) in [6, 6.07) is 8.87. The Morgan fingerprint density at radius 3 is 2.19 bits per heavy atom. The van der Waals surface area contributed by atoms with Crippen molar-refractivity contribution in [2.45, 2.75) is 58.7 Å². The summed E-state index contributed by atoms with van der Waals surface area (Å²) in [6.45, 7) is 4.76. The lowest BCUT2D eigenvalue weighted by Gasteiger charge is -2.28. The van der Waals surface area contributed by atoms with Crippen molar-refractivity contribution in [3.8, 4) is 11.5 Å². The van der Waals surface area contributed by atoms with E-state index >= 15 is 0 Å². The monoisotopic (exact) mass is 506 g/mol. The van der Waals surface area contributed by atoms with Crippen molar-refractivity contribution >= 4 is 17.0 Å². The van der Waals surface area contributed by atoms with Gasteiger partial charge in [0.25, 0.3) is 0 Å². The molecule has 1 aliphatic carbocycles. The van der Waals surface area contributed by atoms with Crippen LogP contribution in [-0.2, 0) is 18.2 Å². The second kappa shape index (κ2) is 11.2. The highest BCUT2D eigenvalue weighted by molar-refractivity contribution is 5.97. The average Bonchev–Trinajstić information content (AvgIpc) is 3.12. The number of methoxy groups -OCH3 is 2. The summed E-state index contributed by atoms with van der Waals surface area (Å²) in [5.74, 6) is 0.214. The summed E-state index contributed by atoms with van der Waals surface area (Å²) < 4.78 is 52.5. The molecule has 0 spiro atoms.